The van der Waals surface area contributed by atoms with Crippen LogP contribution in [-0.2, 0) is 22.6 Å². The van der Waals surface area contributed by atoms with E-state index in [1.54, 1.807) is 19.2 Å². The van der Waals surface area contributed by atoms with Gasteiger partial charge in [-0.2, -0.15) is 0 Å². The van der Waals surface area contributed by atoms with E-state index >= 15 is 0 Å². The van der Waals surface area contributed by atoms with Gasteiger partial charge in [-0.1, -0.05) is 38.1 Å². The van der Waals surface area contributed by atoms with Crippen LogP contribution in [0.2, 0.25) is 0 Å². The first kappa shape index (κ1) is 25.6. The van der Waals surface area contributed by atoms with E-state index in [9.17, 15) is 14.3 Å². The van der Waals surface area contributed by atoms with E-state index in [2.05, 4.69) is 20.7 Å². The molecule has 0 saturated carbocycles. The van der Waals surface area contributed by atoms with E-state index in [0.29, 0.717) is 13.1 Å². The molecule has 1 unspecified atom stereocenters. The Balaban J connectivity index is 0.00000103. The largest absolute Gasteiger partial charge is 0.385 e. The zero-order valence-electron chi connectivity index (χ0n) is 18.2. The van der Waals surface area contributed by atoms with Gasteiger partial charge in [0.2, 0.25) is 5.91 Å². The summed E-state index contributed by atoms with van der Waals surface area (Å²) >= 11 is 0. The van der Waals surface area contributed by atoms with Crippen molar-refractivity contribution >= 4 is 11.6 Å². The molecule has 0 spiro atoms. The van der Waals surface area contributed by atoms with Crippen LogP contribution in [0.25, 0.3) is 0 Å². The van der Waals surface area contributed by atoms with Gasteiger partial charge in [0.15, 0.2) is 6.35 Å². The van der Waals surface area contributed by atoms with Gasteiger partial charge in [0, 0.05) is 38.4 Å². The topological polar surface area (TPSA) is 82.6 Å². The van der Waals surface area contributed by atoms with E-state index in [4.69, 9.17) is 0 Å². The van der Waals surface area contributed by atoms with E-state index in [-0.39, 0.29) is 17.6 Å². The predicted octanol–water partition coefficient (Wildman–Crippen LogP) is 3.62. The van der Waals surface area contributed by atoms with Gasteiger partial charge < -0.3 is 20.5 Å². The number of methoxy groups -OCH3 is 1. The fraction of sp³-hybridized carbons (Fsp3) is 0.435. The summed E-state index contributed by atoms with van der Waals surface area (Å²) in [5.41, 5.74) is 2.61. The molecule has 7 heteroatoms. The molecule has 2 aromatic carbocycles. The van der Waals surface area contributed by atoms with Crippen LogP contribution in [0.1, 0.15) is 38.3 Å². The molecule has 0 aliphatic heterocycles. The first-order valence-electron chi connectivity index (χ1n) is 10.2. The first-order valence-corrected chi connectivity index (χ1v) is 10.2. The zero-order chi connectivity index (χ0) is 22.4. The second-order valence-corrected chi connectivity index (χ2v) is 6.86. The second-order valence-electron chi connectivity index (χ2n) is 6.86. The third-order valence-corrected chi connectivity index (χ3v) is 4.49. The Kier molecular flexibility index (Phi) is 12.3. The van der Waals surface area contributed by atoms with Crippen LogP contribution < -0.4 is 16.0 Å². The van der Waals surface area contributed by atoms with Crippen LogP contribution in [0.3, 0.4) is 0 Å². The number of halogens is 1. The highest BCUT2D eigenvalue weighted by Crippen LogP contribution is 2.11. The molecule has 0 heterocycles. The van der Waals surface area contributed by atoms with Gasteiger partial charge in [0.1, 0.15) is 5.82 Å². The number of aliphatic hydroxyl groups excluding tert-OH is 1. The number of benzene rings is 2. The molecular weight excluding hydrogens is 385 g/mol. The highest BCUT2D eigenvalue weighted by molar-refractivity contribution is 5.78. The van der Waals surface area contributed by atoms with Crippen molar-refractivity contribution in [3.8, 4) is 0 Å². The molecule has 0 bridgehead atoms. The SMILES string of the molecule is CCC(C)C(=O)NCc1ccc(N[C@@H](O)NCc2ccc(F)cc2)cc1.CCOC. The summed E-state index contributed by atoms with van der Waals surface area (Å²) in [6.07, 6.45) is -0.117. The Morgan fingerprint density at radius 1 is 1.03 bits per heavy atom. The van der Waals surface area contributed by atoms with Crippen molar-refractivity contribution in [2.24, 2.45) is 5.92 Å². The molecule has 0 saturated heterocycles. The fourth-order valence-corrected chi connectivity index (χ4v) is 2.29. The number of rotatable bonds is 10. The number of amides is 1. The van der Waals surface area contributed by atoms with Crippen LogP contribution in [0.15, 0.2) is 48.5 Å². The predicted molar refractivity (Wildman–Crippen MR) is 118 cm³/mol. The molecule has 0 fully saturated rings. The summed E-state index contributed by atoms with van der Waals surface area (Å²) in [5.74, 6) is -0.221. The Morgan fingerprint density at radius 2 is 1.57 bits per heavy atom. The molecule has 2 rings (SSSR count). The summed E-state index contributed by atoms with van der Waals surface area (Å²) in [6.45, 7) is 7.56. The van der Waals surface area contributed by atoms with Gasteiger partial charge in [-0.05, 0) is 48.7 Å². The maximum absolute atomic E-state index is 12.9. The number of carbonyl (C=O) groups excluding carboxylic acids is 1. The Bertz CT molecular complexity index is 721. The van der Waals surface area contributed by atoms with Crippen molar-refractivity contribution in [2.75, 3.05) is 19.0 Å². The van der Waals surface area contributed by atoms with Crippen LogP contribution in [0.5, 0.6) is 0 Å². The molecule has 2 aromatic rings. The van der Waals surface area contributed by atoms with Crippen molar-refractivity contribution in [3.05, 3.63) is 65.5 Å². The van der Waals surface area contributed by atoms with Crippen LogP contribution in [0, 0.1) is 11.7 Å². The summed E-state index contributed by atoms with van der Waals surface area (Å²) < 4.78 is 17.4. The summed E-state index contributed by atoms with van der Waals surface area (Å²) in [6, 6.07) is 13.6. The number of nitrogens with one attached hydrogen (secondary N) is 3. The van der Waals surface area contributed by atoms with E-state index in [1.165, 1.54) is 12.1 Å². The molecule has 30 heavy (non-hydrogen) atoms. The molecule has 1 amide bonds. The standard InChI is InChI=1S/C20H26FN3O2.C3H8O/c1-3-14(2)19(25)22-12-16-6-10-18(11-7-16)24-20(26)23-13-15-4-8-17(21)9-5-15;1-3-4-2/h4-11,14,20,23-24,26H,3,12-13H2,1-2H3,(H,22,25);3H2,1-2H3/t14?,20-;/m0./s1. The number of anilines is 1. The minimum atomic E-state index is -0.934. The van der Waals surface area contributed by atoms with Crippen LogP contribution in [-0.4, -0.2) is 31.1 Å². The van der Waals surface area contributed by atoms with E-state index < -0.39 is 6.35 Å². The number of aliphatic hydroxyl groups is 1. The summed E-state index contributed by atoms with van der Waals surface area (Å²) in [4.78, 5) is 11.8. The average molecular weight is 420 g/mol. The Labute approximate surface area is 178 Å². The molecular formula is C23H34FN3O3. The highest BCUT2D eigenvalue weighted by atomic mass is 19.1. The van der Waals surface area contributed by atoms with Crippen molar-refractivity contribution in [1.29, 1.82) is 0 Å². The molecule has 4 N–H and O–H groups in total. The molecule has 166 valence electrons. The highest BCUT2D eigenvalue weighted by Gasteiger charge is 2.09. The molecule has 0 aromatic heterocycles. The smallest absolute Gasteiger partial charge is 0.223 e. The molecule has 6 nitrogen and oxygen atoms in total. The maximum atomic E-state index is 12.9. The van der Waals surface area contributed by atoms with Gasteiger partial charge in [-0.3, -0.25) is 10.1 Å². The van der Waals surface area contributed by atoms with Crippen molar-refractivity contribution in [3.63, 3.8) is 0 Å². The summed E-state index contributed by atoms with van der Waals surface area (Å²) in [7, 11) is 1.68. The van der Waals surface area contributed by atoms with Gasteiger partial charge >= 0.3 is 0 Å². The molecule has 0 aliphatic rings. The quantitative estimate of drug-likeness (QED) is 0.442. The lowest BCUT2D eigenvalue weighted by atomic mass is 10.1. The number of hydrogen-bond donors (Lipinski definition) is 4. The zero-order valence-corrected chi connectivity index (χ0v) is 18.2. The Hall–Kier alpha value is -2.48. The minimum absolute atomic E-state index is 0.0123. The van der Waals surface area contributed by atoms with Crippen molar-refractivity contribution < 1.29 is 19.0 Å². The lowest BCUT2D eigenvalue weighted by Crippen LogP contribution is -2.35. The van der Waals surface area contributed by atoms with Crippen molar-refractivity contribution in [1.82, 2.24) is 10.6 Å². The second kappa shape index (κ2) is 14.5. The van der Waals surface area contributed by atoms with Gasteiger partial charge in [0.25, 0.3) is 0 Å². The Morgan fingerprint density at radius 3 is 2.10 bits per heavy atom. The van der Waals surface area contributed by atoms with Crippen molar-refractivity contribution in [2.45, 2.75) is 46.6 Å². The normalized spacial score (nSPS) is 12.3. The fourth-order valence-electron chi connectivity index (χ4n) is 2.29. The minimum Gasteiger partial charge on any atom is -0.385 e. The van der Waals surface area contributed by atoms with Gasteiger partial charge in [0.05, 0.1) is 0 Å². The van der Waals surface area contributed by atoms with E-state index in [1.807, 2.05) is 45.0 Å². The number of hydrogen-bond acceptors (Lipinski definition) is 5. The van der Waals surface area contributed by atoms with Gasteiger partial charge in [-0.25, -0.2) is 4.39 Å². The first-order chi connectivity index (χ1) is 14.4. The lowest BCUT2D eigenvalue weighted by Gasteiger charge is -2.16. The van der Waals surface area contributed by atoms with Crippen LogP contribution >= 0.6 is 0 Å². The summed E-state index contributed by atoms with van der Waals surface area (Å²) in [5, 5.41) is 18.7. The third kappa shape index (κ3) is 10.3. The lowest BCUT2D eigenvalue weighted by molar-refractivity contribution is -0.124. The van der Waals surface area contributed by atoms with Gasteiger partial charge in [-0.15, -0.1) is 0 Å². The maximum Gasteiger partial charge on any atom is 0.223 e. The average Bonchev–Trinajstić information content (AvgIpc) is 2.77. The monoisotopic (exact) mass is 419 g/mol. The molecule has 2 atom stereocenters. The molecule has 0 radical (unpaired) electrons. The van der Waals surface area contributed by atoms with Crippen LogP contribution in [0.4, 0.5) is 10.1 Å². The third-order valence-electron chi connectivity index (χ3n) is 4.49. The molecule has 0 aliphatic carbocycles. The van der Waals surface area contributed by atoms with E-state index in [0.717, 1.165) is 29.8 Å². The number of ether oxygens (including phenoxy) is 1. The number of carbonyl (C=O) groups is 1.